The second kappa shape index (κ2) is 7.70. The minimum atomic E-state index is 0.0705. The van der Waals surface area contributed by atoms with Gasteiger partial charge in [-0.15, -0.1) is 11.6 Å². The van der Waals surface area contributed by atoms with Crippen LogP contribution in [0.15, 0.2) is 23.8 Å². The van der Waals surface area contributed by atoms with Crippen molar-refractivity contribution in [3.8, 4) is 0 Å². The summed E-state index contributed by atoms with van der Waals surface area (Å²) >= 11 is 6.06. The standard InChI is InChI=1S/C13H21ClO/c1-10(2)13(14)9-8-11(3)6-5-7-12(4)15/h6,13H,1,5,7-9H2,2-4H3/b11-6+. The van der Waals surface area contributed by atoms with E-state index in [1.165, 1.54) is 5.57 Å². The van der Waals surface area contributed by atoms with Crippen molar-refractivity contribution in [3.05, 3.63) is 23.8 Å². The van der Waals surface area contributed by atoms with Crippen molar-refractivity contribution >= 4 is 17.4 Å². The van der Waals surface area contributed by atoms with Gasteiger partial charge in [-0.25, -0.2) is 0 Å². The molecule has 0 rings (SSSR count). The molecule has 0 aliphatic rings. The number of Topliss-reactive ketones (excluding diaryl/α,β-unsaturated/α-hetero) is 1. The fourth-order valence-electron chi connectivity index (χ4n) is 1.22. The lowest BCUT2D eigenvalue weighted by atomic mass is 10.0. The lowest BCUT2D eigenvalue weighted by Gasteiger charge is -2.08. The van der Waals surface area contributed by atoms with Crippen LogP contribution < -0.4 is 0 Å². The van der Waals surface area contributed by atoms with Gasteiger partial charge in [0.15, 0.2) is 0 Å². The van der Waals surface area contributed by atoms with Crippen LogP contribution in [0.4, 0.5) is 0 Å². The Kier molecular flexibility index (Phi) is 7.41. The van der Waals surface area contributed by atoms with Gasteiger partial charge in [-0.1, -0.05) is 23.8 Å². The molecule has 1 nitrogen and oxygen atoms in total. The number of ketones is 1. The minimum absolute atomic E-state index is 0.0705. The molecule has 0 radical (unpaired) electrons. The van der Waals surface area contributed by atoms with E-state index in [4.69, 9.17) is 11.6 Å². The Bertz CT molecular complexity index is 253. The van der Waals surface area contributed by atoms with E-state index in [1.54, 1.807) is 6.92 Å². The second-order valence-electron chi connectivity index (χ2n) is 4.14. The fourth-order valence-corrected chi connectivity index (χ4v) is 1.33. The zero-order chi connectivity index (χ0) is 11.8. The van der Waals surface area contributed by atoms with Crippen LogP contribution in [0.5, 0.6) is 0 Å². The van der Waals surface area contributed by atoms with E-state index in [0.717, 1.165) is 24.8 Å². The zero-order valence-electron chi connectivity index (χ0n) is 9.98. The second-order valence-corrected chi connectivity index (χ2v) is 4.67. The lowest BCUT2D eigenvalue weighted by Crippen LogP contribution is -1.99. The Balaban J connectivity index is 3.77. The monoisotopic (exact) mass is 228 g/mol. The van der Waals surface area contributed by atoms with E-state index in [9.17, 15) is 4.79 Å². The van der Waals surface area contributed by atoms with Gasteiger partial charge in [0.2, 0.25) is 0 Å². The number of carbonyl (C=O) groups is 1. The van der Waals surface area contributed by atoms with E-state index >= 15 is 0 Å². The first-order valence-electron chi connectivity index (χ1n) is 5.38. The smallest absolute Gasteiger partial charge is 0.130 e. The molecule has 1 unspecified atom stereocenters. The van der Waals surface area contributed by atoms with Gasteiger partial charge < -0.3 is 4.79 Å². The minimum Gasteiger partial charge on any atom is -0.300 e. The maximum absolute atomic E-state index is 10.7. The van der Waals surface area contributed by atoms with E-state index in [1.807, 2.05) is 6.92 Å². The number of allylic oxidation sites excluding steroid dienone is 3. The van der Waals surface area contributed by atoms with Crippen molar-refractivity contribution < 1.29 is 4.79 Å². The van der Waals surface area contributed by atoms with Crippen LogP contribution in [0, 0.1) is 0 Å². The van der Waals surface area contributed by atoms with Gasteiger partial charge in [0.1, 0.15) is 5.78 Å². The molecular weight excluding hydrogens is 208 g/mol. The highest BCUT2D eigenvalue weighted by Gasteiger charge is 2.04. The van der Waals surface area contributed by atoms with Crippen LogP contribution in [-0.2, 0) is 4.79 Å². The molecule has 0 aromatic heterocycles. The summed E-state index contributed by atoms with van der Waals surface area (Å²) in [4.78, 5) is 10.7. The van der Waals surface area contributed by atoms with Gasteiger partial charge >= 0.3 is 0 Å². The SMILES string of the molecule is C=C(C)C(Cl)CC/C(C)=C/CCC(C)=O. The predicted octanol–water partition coefficient (Wildman–Crippen LogP) is 4.27. The summed E-state index contributed by atoms with van der Waals surface area (Å²) in [7, 11) is 0. The Morgan fingerprint density at radius 3 is 2.40 bits per heavy atom. The maximum atomic E-state index is 10.7. The molecule has 0 fully saturated rings. The molecule has 2 heteroatoms. The van der Waals surface area contributed by atoms with E-state index in [0.29, 0.717) is 6.42 Å². The van der Waals surface area contributed by atoms with Gasteiger partial charge in [-0.05, 0) is 40.0 Å². The highest BCUT2D eigenvalue weighted by Crippen LogP contribution is 2.17. The highest BCUT2D eigenvalue weighted by atomic mass is 35.5. The van der Waals surface area contributed by atoms with Crippen molar-refractivity contribution in [2.24, 2.45) is 0 Å². The highest BCUT2D eigenvalue weighted by molar-refractivity contribution is 6.22. The number of carbonyl (C=O) groups excluding carboxylic acids is 1. The molecule has 0 heterocycles. The molecular formula is C13H21ClO. The van der Waals surface area contributed by atoms with E-state index in [-0.39, 0.29) is 11.2 Å². The summed E-state index contributed by atoms with van der Waals surface area (Å²) in [6.45, 7) is 9.48. The molecule has 86 valence electrons. The van der Waals surface area contributed by atoms with Crippen molar-refractivity contribution in [1.82, 2.24) is 0 Å². The van der Waals surface area contributed by atoms with Crippen LogP contribution in [0.25, 0.3) is 0 Å². The molecule has 0 saturated heterocycles. The van der Waals surface area contributed by atoms with Gasteiger partial charge in [0.05, 0.1) is 5.38 Å². The molecule has 0 aliphatic heterocycles. The molecule has 0 aliphatic carbocycles. The van der Waals surface area contributed by atoms with Crippen LogP contribution in [0.1, 0.15) is 46.5 Å². The summed E-state index contributed by atoms with van der Waals surface area (Å²) in [6.07, 6.45) is 5.53. The summed E-state index contributed by atoms with van der Waals surface area (Å²) in [5.74, 6) is 0.246. The number of rotatable bonds is 7. The average molecular weight is 229 g/mol. The third-order valence-corrected chi connectivity index (χ3v) is 2.91. The normalized spacial score (nSPS) is 13.7. The van der Waals surface area contributed by atoms with Crippen molar-refractivity contribution in [2.75, 3.05) is 0 Å². The Morgan fingerprint density at radius 1 is 1.33 bits per heavy atom. The first-order chi connectivity index (χ1) is 6.93. The maximum Gasteiger partial charge on any atom is 0.130 e. The fraction of sp³-hybridized carbons (Fsp3) is 0.615. The number of hydrogen-bond acceptors (Lipinski definition) is 1. The first-order valence-corrected chi connectivity index (χ1v) is 5.81. The number of halogens is 1. The molecule has 0 N–H and O–H groups in total. The molecule has 15 heavy (non-hydrogen) atoms. The van der Waals surface area contributed by atoms with E-state index in [2.05, 4.69) is 19.6 Å². The van der Waals surface area contributed by atoms with Gasteiger partial charge in [0, 0.05) is 6.42 Å². The quantitative estimate of drug-likeness (QED) is 0.470. The first kappa shape index (κ1) is 14.4. The average Bonchev–Trinajstić information content (AvgIpc) is 2.13. The topological polar surface area (TPSA) is 17.1 Å². The molecule has 0 aromatic carbocycles. The van der Waals surface area contributed by atoms with Gasteiger partial charge in [-0.3, -0.25) is 0 Å². The van der Waals surface area contributed by atoms with Crippen molar-refractivity contribution in [1.29, 1.82) is 0 Å². The van der Waals surface area contributed by atoms with Crippen LogP contribution >= 0.6 is 11.6 Å². The van der Waals surface area contributed by atoms with Crippen molar-refractivity contribution in [2.45, 2.75) is 51.8 Å². The van der Waals surface area contributed by atoms with E-state index < -0.39 is 0 Å². The van der Waals surface area contributed by atoms with Gasteiger partial charge in [0.25, 0.3) is 0 Å². The molecule has 0 amide bonds. The van der Waals surface area contributed by atoms with Crippen LogP contribution in [0.3, 0.4) is 0 Å². The number of alkyl halides is 1. The van der Waals surface area contributed by atoms with Gasteiger partial charge in [-0.2, -0.15) is 0 Å². The summed E-state index contributed by atoms with van der Waals surface area (Å²) in [5.41, 5.74) is 2.33. The van der Waals surface area contributed by atoms with Crippen LogP contribution in [0.2, 0.25) is 0 Å². The third kappa shape index (κ3) is 8.44. The largest absolute Gasteiger partial charge is 0.300 e. The summed E-state index contributed by atoms with van der Waals surface area (Å²) in [5, 5.41) is 0.0705. The Hall–Kier alpha value is -0.560. The lowest BCUT2D eigenvalue weighted by molar-refractivity contribution is -0.116. The zero-order valence-corrected chi connectivity index (χ0v) is 10.7. The molecule has 1 atom stereocenters. The Morgan fingerprint density at radius 2 is 1.93 bits per heavy atom. The molecule has 0 saturated carbocycles. The summed E-state index contributed by atoms with van der Waals surface area (Å²) in [6, 6.07) is 0. The molecule has 0 aromatic rings. The molecule has 0 spiro atoms. The third-order valence-electron chi connectivity index (χ3n) is 2.32. The predicted molar refractivity (Wildman–Crippen MR) is 67.4 cm³/mol. The summed E-state index contributed by atoms with van der Waals surface area (Å²) < 4.78 is 0. The number of hydrogen-bond donors (Lipinski definition) is 0. The molecule has 0 bridgehead atoms. The van der Waals surface area contributed by atoms with Crippen molar-refractivity contribution in [3.63, 3.8) is 0 Å². The van der Waals surface area contributed by atoms with Crippen LogP contribution in [-0.4, -0.2) is 11.2 Å². The Labute approximate surface area is 98.2 Å².